The predicted molar refractivity (Wildman–Crippen MR) is 110 cm³/mol. The number of rotatable bonds is 4. The van der Waals surface area contributed by atoms with Gasteiger partial charge in [0.2, 0.25) is 5.91 Å². The van der Waals surface area contributed by atoms with Gasteiger partial charge in [-0.05, 0) is 37.3 Å². The molecule has 0 aromatic heterocycles. The summed E-state index contributed by atoms with van der Waals surface area (Å²) in [6.07, 6.45) is 0.527. The van der Waals surface area contributed by atoms with Gasteiger partial charge >= 0.3 is 0 Å². The first-order chi connectivity index (χ1) is 13.0. The van der Waals surface area contributed by atoms with E-state index in [1.165, 1.54) is 0 Å². The molecular formula is C21H24ClN3O2. The molecule has 6 heteroatoms. The summed E-state index contributed by atoms with van der Waals surface area (Å²) in [5.74, 6) is 0.0146. The molecule has 0 unspecified atom stereocenters. The van der Waals surface area contributed by atoms with Crippen LogP contribution in [0.3, 0.4) is 0 Å². The fourth-order valence-corrected chi connectivity index (χ4v) is 3.46. The van der Waals surface area contributed by atoms with Crippen LogP contribution in [-0.2, 0) is 4.79 Å². The van der Waals surface area contributed by atoms with Crippen molar-refractivity contribution in [3.8, 4) is 0 Å². The van der Waals surface area contributed by atoms with Crippen LogP contribution in [0.1, 0.15) is 29.3 Å². The smallest absolute Gasteiger partial charge is 0.255 e. The topological polar surface area (TPSA) is 52.7 Å². The number of nitrogens with one attached hydrogen (secondary N) is 1. The number of benzene rings is 2. The maximum atomic E-state index is 12.7. The highest BCUT2D eigenvalue weighted by Crippen LogP contribution is 2.30. The number of hydrogen-bond donors (Lipinski definition) is 1. The molecule has 1 saturated heterocycles. The molecule has 1 heterocycles. The Morgan fingerprint density at radius 3 is 2.48 bits per heavy atom. The fourth-order valence-electron chi connectivity index (χ4n) is 3.29. The molecule has 2 aromatic rings. The molecule has 142 valence electrons. The lowest BCUT2D eigenvalue weighted by atomic mass is 10.1. The van der Waals surface area contributed by atoms with Crippen molar-refractivity contribution >= 4 is 34.8 Å². The third-order valence-corrected chi connectivity index (χ3v) is 5.00. The van der Waals surface area contributed by atoms with Crippen LogP contribution in [-0.4, -0.2) is 42.9 Å². The van der Waals surface area contributed by atoms with E-state index in [2.05, 4.69) is 10.2 Å². The molecule has 1 fully saturated rings. The summed E-state index contributed by atoms with van der Waals surface area (Å²) in [6, 6.07) is 13.0. The average molecular weight is 386 g/mol. The Bertz CT molecular complexity index is 845. The Hall–Kier alpha value is -2.53. The summed E-state index contributed by atoms with van der Waals surface area (Å²) >= 11 is 6.17. The van der Waals surface area contributed by atoms with Crippen molar-refractivity contribution in [2.45, 2.75) is 20.3 Å². The zero-order valence-corrected chi connectivity index (χ0v) is 16.4. The van der Waals surface area contributed by atoms with E-state index in [4.69, 9.17) is 11.6 Å². The molecule has 27 heavy (non-hydrogen) atoms. The second kappa shape index (κ2) is 8.44. The third kappa shape index (κ3) is 4.61. The van der Waals surface area contributed by atoms with Crippen LogP contribution in [0.15, 0.2) is 42.5 Å². The van der Waals surface area contributed by atoms with Gasteiger partial charge in [0.05, 0.1) is 11.4 Å². The molecule has 0 spiro atoms. The van der Waals surface area contributed by atoms with Gasteiger partial charge in [0.25, 0.3) is 5.91 Å². The quantitative estimate of drug-likeness (QED) is 0.866. The van der Waals surface area contributed by atoms with E-state index in [-0.39, 0.29) is 11.8 Å². The Morgan fingerprint density at radius 2 is 1.81 bits per heavy atom. The van der Waals surface area contributed by atoms with Crippen LogP contribution in [0.2, 0.25) is 5.02 Å². The molecule has 0 saturated carbocycles. The summed E-state index contributed by atoms with van der Waals surface area (Å²) < 4.78 is 0. The van der Waals surface area contributed by atoms with Crippen molar-refractivity contribution in [2.75, 3.05) is 36.4 Å². The number of piperazine rings is 1. The summed E-state index contributed by atoms with van der Waals surface area (Å²) in [7, 11) is 0. The lowest BCUT2D eigenvalue weighted by Crippen LogP contribution is -2.48. The monoisotopic (exact) mass is 385 g/mol. The molecule has 1 aliphatic heterocycles. The lowest BCUT2D eigenvalue weighted by Gasteiger charge is -2.37. The van der Waals surface area contributed by atoms with Crippen molar-refractivity contribution in [1.29, 1.82) is 0 Å². The number of nitrogens with zero attached hydrogens (tertiary/aromatic N) is 2. The van der Waals surface area contributed by atoms with Gasteiger partial charge in [-0.2, -0.15) is 0 Å². The number of carbonyl (C=O) groups is 2. The van der Waals surface area contributed by atoms with Gasteiger partial charge in [0, 0.05) is 43.2 Å². The van der Waals surface area contributed by atoms with Gasteiger partial charge in [-0.1, -0.05) is 36.2 Å². The number of amides is 2. The molecule has 1 aliphatic rings. The van der Waals surface area contributed by atoms with E-state index < -0.39 is 0 Å². The van der Waals surface area contributed by atoms with Crippen molar-refractivity contribution in [2.24, 2.45) is 0 Å². The van der Waals surface area contributed by atoms with Gasteiger partial charge in [-0.3, -0.25) is 9.59 Å². The zero-order valence-electron chi connectivity index (χ0n) is 15.7. The highest BCUT2D eigenvalue weighted by atomic mass is 35.5. The Morgan fingerprint density at radius 1 is 1.07 bits per heavy atom. The number of aryl methyl sites for hydroxylation is 1. The minimum atomic E-state index is -0.165. The van der Waals surface area contributed by atoms with Crippen molar-refractivity contribution in [1.82, 2.24) is 4.90 Å². The molecule has 2 amide bonds. The minimum absolute atomic E-state index is 0.165. The maximum absolute atomic E-state index is 12.7. The number of carbonyl (C=O) groups excluding carboxylic acids is 2. The van der Waals surface area contributed by atoms with E-state index in [1.54, 1.807) is 12.1 Å². The first kappa shape index (κ1) is 19.2. The highest BCUT2D eigenvalue weighted by Gasteiger charge is 2.22. The third-order valence-electron chi connectivity index (χ3n) is 4.76. The molecule has 5 nitrogen and oxygen atoms in total. The summed E-state index contributed by atoms with van der Waals surface area (Å²) in [4.78, 5) is 28.6. The van der Waals surface area contributed by atoms with E-state index >= 15 is 0 Å². The highest BCUT2D eigenvalue weighted by molar-refractivity contribution is 6.31. The number of hydrogen-bond acceptors (Lipinski definition) is 3. The molecule has 0 radical (unpaired) electrons. The number of halogens is 1. The van der Waals surface area contributed by atoms with Crippen LogP contribution in [0.4, 0.5) is 11.4 Å². The normalized spacial score (nSPS) is 14.2. The molecule has 0 aliphatic carbocycles. The SMILES string of the molecule is CCC(=O)N1CCN(c2ccc(Cl)cc2NC(=O)c2cccc(C)c2)CC1. The van der Waals surface area contributed by atoms with Crippen LogP contribution in [0.5, 0.6) is 0 Å². The molecule has 1 N–H and O–H groups in total. The molecule has 3 rings (SSSR count). The largest absolute Gasteiger partial charge is 0.366 e. The van der Waals surface area contributed by atoms with Crippen molar-refractivity contribution in [3.05, 3.63) is 58.6 Å². The van der Waals surface area contributed by atoms with Gasteiger partial charge in [-0.25, -0.2) is 0 Å². The van der Waals surface area contributed by atoms with Gasteiger partial charge in [-0.15, -0.1) is 0 Å². The number of anilines is 2. The molecule has 2 aromatic carbocycles. The Kier molecular flexibility index (Phi) is 6.01. The Balaban J connectivity index is 1.78. The van der Waals surface area contributed by atoms with Crippen LogP contribution in [0, 0.1) is 6.92 Å². The van der Waals surface area contributed by atoms with Gasteiger partial charge < -0.3 is 15.1 Å². The molecule has 0 atom stereocenters. The van der Waals surface area contributed by atoms with E-state index in [0.29, 0.717) is 35.8 Å². The van der Waals surface area contributed by atoms with Gasteiger partial charge in [0.15, 0.2) is 0 Å². The second-order valence-electron chi connectivity index (χ2n) is 6.71. The molecular weight excluding hydrogens is 362 g/mol. The average Bonchev–Trinajstić information content (AvgIpc) is 2.67. The fraction of sp³-hybridized carbons (Fsp3) is 0.333. The molecule has 0 bridgehead atoms. The van der Waals surface area contributed by atoms with Crippen molar-refractivity contribution < 1.29 is 9.59 Å². The minimum Gasteiger partial charge on any atom is -0.366 e. The van der Waals surface area contributed by atoms with E-state index in [1.807, 2.05) is 49.1 Å². The van der Waals surface area contributed by atoms with E-state index in [0.717, 1.165) is 24.3 Å². The van der Waals surface area contributed by atoms with E-state index in [9.17, 15) is 9.59 Å². The lowest BCUT2D eigenvalue weighted by molar-refractivity contribution is -0.131. The standard InChI is InChI=1S/C21H24ClN3O2/c1-3-20(26)25-11-9-24(10-12-25)19-8-7-17(22)14-18(19)23-21(27)16-6-4-5-15(2)13-16/h4-8,13-14H,3,9-12H2,1-2H3,(H,23,27). The summed E-state index contributed by atoms with van der Waals surface area (Å²) in [5.41, 5.74) is 3.25. The van der Waals surface area contributed by atoms with Crippen LogP contribution >= 0.6 is 11.6 Å². The first-order valence-electron chi connectivity index (χ1n) is 9.18. The van der Waals surface area contributed by atoms with Crippen LogP contribution in [0.25, 0.3) is 0 Å². The summed E-state index contributed by atoms with van der Waals surface area (Å²) in [6.45, 7) is 6.65. The van der Waals surface area contributed by atoms with Crippen LogP contribution < -0.4 is 10.2 Å². The zero-order chi connectivity index (χ0) is 19.4. The van der Waals surface area contributed by atoms with Crippen molar-refractivity contribution in [3.63, 3.8) is 0 Å². The maximum Gasteiger partial charge on any atom is 0.255 e. The van der Waals surface area contributed by atoms with Gasteiger partial charge in [0.1, 0.15) is 0 Å². The Labute approximate surface area is 164 Å². The first-order valence-corrected chi connectivity index (χ1v) is 9.56. The second-order valence-corrected chi connectivity index (χ2v) is 7.14. The predicted octanol–water partition coefficient (Wildman–Crippen LogP) is 3.96. The summed E-state index contributed by atoms with van der Waals surface area (Å²) in [5, 5.41) is 3.56.